The van der Waals surface area contributed by atoms with Gasteiger partial charge < -0.3 is 26.2 Å². The summed E-state index contributed by atoms with van der Waals surface area (Å²) in [6, 6.07) is -2.48. The van der Waals surface area contributed by atoms with E-state index in [0.717, 1.165) is 22.9 Å². The van der Waals surface area contributed by atoms with Crippen molar-refractivity contribution in [3.8, 4) is 0 Å². The molecule has 1 saturated heterocycles. The zero-order valence-corrected chi connectivity index (χ0v) is 31.0. The molecule has 3 aliphatic rings. The normalized spacial score (nSPS) is 21.9. The van der Waals surface area contributed by atoms with Gasteiger partial charge in [-0.3, -0.25) is 19.2 Å². The van der Waals surface area contributed by atoms with Gasteiger partial charge in [0, 0.05) is 38.8 Å². The highest BCUT2D eigenvalue weighted by Crippen LogP contribution is 2.50. The maximum absolute atomic E-state index is 14.4. The molecule has 4 rings (SSSR count). The Morgan fingerprint density at radius 1 is 1.02 bits per heavy atom. The number of piperidine rings is 1. The first-order valence-corrected chi connectivity index (χ1v) is 18.5. The van der Waals surface area contributed by atoms with E-state index in [1.807, 2.05) is 0 Å². The Morgan fingerprint density at radius 2 is 1.67 bits per heavy atom. The second kappa shape index (κ2) is 15.0. The van der Waals surface area contributed by atoms with Crippen LogP contribution in [0.3, 0.4) is 0 Å². The summed E-state index contributed by atoms with van der Waals surface area (Å²) < 4.78 is 55.2. The molecule has 2 saturated carbocycles. The maximum atomic E-state index is 14.4. The van der Waals surface area contributed by atoms with Crippen LogP contribution in [0, 0.1) is 40.2 Å². The van der Waals surface area contributed by atoms with Gasteiger partial charge in [0.2, 0.25) is 27.6 Å². The fourth-order valence-electron chi connectivity index (χ4n) is 6.38. The lowest BCUT2D eigenvalue weighted by Crippen LogP contribution is -2.62. The molecular formula is C35H50F2N6O7S. The number of amides is 5. The number of hydrogen-bond donors (Lipinski definition) is 4. The number of likely N-dealkylation sites (N-methyl/N-ethyl adjacent to an activating group) is 1. The highest BCUT2D eigenvalue weighted by molar-refractivity contribution is 7.89. The Labute approximate surface area is 298 Å². The molecule has 1 aromatic rings. The van der Waals surface area contributed by atoms with Crippen molar-refractivity contribution in [1.29, 1.82) is 0 Å². The van der Waals surface area contributed by atoms with Gasteiger partial charge in [-0.25, -0.2) is 22.0 Å². The summed E-state index contributed by atoms with van der Waals surface area (Å²) in [5, 5.41) is 10.7. The average Bonchev–Trinajstić information content (AvgIpc) is 3.96. The molecule has 5 amide bonds. The first-order chi connectivity index (χ1) is 23.6. The van der Waals surface area contributed by atoms with Crippen LogP contribution in [0.4, 0.5) is 13.6 Å². The largest absolute Gasteiger partial charge is 0.346 e. The molecule has 16 heteroatoms. The summed E-state index contributed by atoms with van der Waals surface area (Å²) in [6.07, 6.45) is 3.52. The van der Waals surface area contributed by atoms with Gasteiger partial charge in [0.1, 0.15) is 34.7 Å². The number of likely N-dealkylation sites (tertiary alicyclic amines) is 1. The van der Waals surface area contributed by atoms with E-state index in [0.29, 0.717) is 18.9 Å². The lowest BCUT2D eigenvalue weighted by molar-refractivity contribution is -0.144. The van der Waals surface area contributed by atoms with Crippen LogP contribution in [-0.4, -0.2) is 98.0 Å². The van der Waals surface area contributed by atoms with Crippen LogP contribution in [0.5, 0.6) is 0 Å². The summed E-state index contributed by atoms with van der Waals surface area (Å²) in [7, 11) is -3.20. The molecule has 282 valence electrons. The number of ketones is 1. The minimum Gasteiger partial charge on any atom is -0.346 e. The van der Waals surface area contributed by atoms with Gasteiger partial charge in [-0.15, -0.1) is 6.58 Å². The van der Waals surface area contributed by atoms with Crippen molar-refractivity contribution in [2.45, 2.75) is 89.9 Å². The van der Waals surface area contributed by atoms with Crippen molar-refractivity contribution >= 4 is 39.6 Å². The number of hydrogen-bond acceptors (Lipinski definition) is 7. The van der Waals surface area contributed by atoms with E-state index in [-0.39, 0.29) is 37.4 Å². The van der Waals surface area contributed by atoms with Crippen LogP contribution in [0.15, 0.2) is 35.7 Å². The number of benzene rings is 1. The molecule has 0 spiro atoms. The third-order valence-corrected chi connectivity index (χ3v) is 11.6. The van der Waals surface area contributed by atoms with Gasteiger partial charge in [0.15, 0.2) is 0 Å². The third-order valence-electron chi connectivity index (χ3n) is 9.77. The summed E-state index contributed by atoms with van der Waals surface area (Å²) in [5.74, 6) is -4.99. The SMILES string of the molecule is C=CCNC(=O)C(=O)C(NC(=O)[C@@H]1[C@H]2C[C@H]2CN1C(=O)[C@@H](NC(=O)N[C@H](CN(C)S(=O)(=O)c1ccc(F)cc1F)C(C)(C)C)C(C)(C)C)C1CC1. The number of carbonyl (C=O) groups is 5. The Hall–Kier alpha value is -3.92. The third kappa shape index (κ3) is 9.31. The number of rotatable bonds is 14. The molecule has 1 aliphatic heterocycles. The molecule has 51 heavy (non-hydrogen) atoms. The van der Waals surface area contributed by atoms with E-state index in [9.17, 15) is 41.2 Å². The number of fused-ring (bicyclic) bond motifs is 1. The molecule has 0 aromatic heterocycles. The van der Waals surface area contributed by atoms with Crippen LogP contribution < -0.4 is 21.3 Å². The highest BCUT2D eigenvalue weighted by atomic mass is 32.2. The standard InChI is InChI=1S/C35H50F2N6O7S/c1-9-14-38-31(46)28(44)26(19-10-11-19)40-30(45)27-22-15-20(22)17-43(27)32(47)29(35(5,6)7)41-33(48)39-25(34(2,3)4)18-42(8)51(49,50)24-13-12-21(36)16-23(24)37/h9,12-13,16,19-20,22,25-27,29H,1,10-11,14-15,17-18H2,2-8H3,(H,38,46)(H,40,45)(H2,39,41,48)/t20-,22-,25+,26?,27-,29+/m0/s1. The highest BCUT2D eigenvalue weighted by Gasteiger charge is 2.59. The second-order valence-electron chi connectivity index (χ2n) is 16.0. The number of nitrogens with zero attached hydrogens (tertiary/aromatic N) is 2. The molecule has 0 radical (unpaired) electrons. The lowest BCUT2D eigenvalue weighted by atomic mass is 9.85. The van der Waals surface area contributed by atoms with E-state index in [1.54, 1.807) is 41.5 Å². The molecule has 0 bridgehead atoms. The Morgan fingerprint density at radius 3 is 2.22 bits per heavy atom. The number of urea groups is 1. The van der Waals surface area contributed by atoms with E-state index >= 15 is 0 Å². The summed E-state index contributed by atoms with van der Waals surface area (Å²) in [4.78, 5) is 67.7. The Balaban J connectivity index is 1.48. The molecular weight excluding hydrogens is 686 g/mol. The van der Waals surface area contributed by atoms with Gasteiger partial charge in [0.25, 0.3) is 5.91 Å². The van der Waals surface area contributed by atoms with Gasteiger partial charge in [0.05, 0.1) is 0 Å². The van der Waals surface area contributed by atoms with Gasteiger partial charge in [-0.2, -0.15) is 4.31 Å². The molecule has 1 heterocycles. The smallest absolute Gasteiger partial charge is 0.315 e. The monoisotopic (exact) mass is 736 g/mol. The fourth-order valence-corrected chi connectivity index (χ4v) is 7.60. The van der Waals surface area contributed by atoms with Crippen LogP contribution in [0.25, 0.3) is 0 Å². The van der Waals surface area contributed by atoms with Crippen molar-refractivity contribution in [3.05, 3.63) is 42.5 Å². The number of Topliss-reactive ketones (excluding diaryl/α,β-unsaturated/α-hetero) is 1. The molecule has 3 fully saturated rings. The second-order valence-corrected chi connectivity index (χ2v) is 18.0. The van der Waals surface area contributed by atoms with E-state index < -0.39 is 91.1 Å². The maximum Gasteiger partial charge on any atom is 0.315 e. The van der Waals surface area contributed by atoms with E-state index in [2.05, 4.69) is 27.8 Å². The van der Waals surface area contributed by atoms with Crippen molar-refractivity contribution in [2.24, 2.45) is 28.6 Å². The van der Waals surface area contributed by atoms with Crippen LogP contribution >= 0.6 is 0 Å². The predicted molar refractivity (Wildman–Crippen MR) is 184 cm³/mol. The molecule has 1 aromatic carbocycles. The Kier molecular flexibility index (Phi) is 11.7. The molecule has 4 N–H and O–H groups in total. The van der Waals surface area contributed by atoms with Crippen LogP contribution in [0.2, 0.25) is 0 Å². The predicted octanol–water partition coefficient (Wildman–Crippen LogP) is 2.33. The van der Waals surface area contributed by atoms with Gasteiger partial charge >= 0.3 is 6.03 Å². The average molecular weight is 737 g/mol. The van der Waals surface area contributed by atoms with Crippen molar-refractivity contribution < 1.29 is 41.2 Å². The zero-order chi connectivity index (χ0) is 38.2. The summed E-state index contributed by atoms with van der Waals surface area (Å²) >= 11 is 0. The first kappa shape index (κ1) is 39.9. The molecule has 1 unspecified atom stereocenters. The molecule has 6 atom stereocenters. The number of halogens is 2. The zero-order valence-electron chi connectivity index (χ0n) is 30.2. The number of nitrogens with one attached hydrogen (secondary N) is 4. The number of sulfonamides is 1. The Bertz CT molecular complexity index is 1670. The molecule has 13 nitrogen and oxygen atoms in total. The van der Waals surface area contributed by atoms with Gasteiger partial charge in [-0.1, -0.05) is 47.6 Å². The fraction of sp³-hybridized carbons (Fsp3) is 0.629. The van der Waals surface area contributed by atoms with Gasteiger partial charge in [-0.05, 0) is 60.0 Å². The first-order valence-electron chi connectivity index (χ1n) is 17.1. The quantitative estimate of drug-likeness (QED) is 0.168. The summed E-state index contributed by atoms with van der Waals surface area (Å²) in [5.41, 5.74) is -1.56. The van der Waals surface area contributed by atoms with E-state index in [4.69, 9.17) is 0 Å². The van der Waals surface area contributed by atoms with Crippen molar-refractivity contribution in [3.63, 3.8) is 0 Å². The minimum absolute atomic E-state index is 0.0822. The van der Waals surface area contributed by atoms with Crippen molar-refractivity contribution in [2.75, 3.05) is 26.7 Å². The number of carbonyl (C=O) groups excluding carboxylic acids is 5. The van der Waals surface area contributed by atoms with E-state index in [1.165, 1.54) is 18.0 Å². The van der Waals surface area contributed by atoms with Crippen LogP contribution in [-0.2, 0) is 29.2 Å². The molecule has 2 aliphatic carbocycles. The topological polar surface area (TPSA) is 174 Å². The summed E-state index contributed by atoms with van der Waals surface area (Å²) in [6.45, 7) is 14.2. The minimum atomic E-state index is -4.41. The van der Waals surface area contributed by atoms with Crippen molar-refractivity contribution in [1.82, 2.24) is 30.5 Å². The lowest BCUT2D eigenvalue weighted by Gasteiger charge is -2.38. The van der Waals surface area contributed by atoms with Crippen LogP contribution in [0.1, 0.15) is 60.8 Å².